The van der Waals surface area contributed by atoms with Crippen molar-refractivity contribution in [2.45, 2.75) is 18.7 Å². The van der Waals surface area contributed by atoms with E-state index in [4.69, 9.17) is 4.74 Å². The van der Waals surface area contributed by atoms with E-state index in [1.54, 1.807) is 0 Å². The summed E-state index contributed by atoms with van der Waals surface area (Å²) in [6, 6.07) is 21.1. The molecule has 0 unspecified atom stereocenters. The molecule has 0 bridgehead atoms. The van der Waals surface area contributed by atoms with Crippen molar-refractivity contribution >= 4 is 39.3 Å². The lowest BCUT2D eigenvalue weighted by molar-refractivity contribution is -0.113. The van der Waals surface area contributed by atoms with Crippen LogP contribution in [-0.2, 0) is 11.4 Å². The van der Waals surface area contributed by atoms with E-state index in [1.165, 1.54) is 36.0 Å². The Morgan fingerprint density at radius 3 is 2.52 bits per heavy atom. The average molecular weight is 527 g/mol. The number of nitrogens with one attached hydrogen (secondary N) is 1. The average Bonchev–Trinajstić information content (AvgIpc) is 3.22. The molecule has 4 rings (SSSR count). The van der Waals surface area contributed by atoms with Gasteiger partial charge in [-0.1, -0.05) is 41.6 Å². The van der Waals surface area contributed by atoms with Gasteiger partial charge in [0.1, 0.15) is 18.2 Å². The second-order valence-electron chi connectivity index (χ2n) is 7.13. The Morgan fingerprint density at radius 2 is 1.79 bits per heavy atom. The molecular weight excluding hydrogens is 507 g/mol. The number of aromatic nitrogens is 3. The molecule has 1 aromatic heterocycles. The number of hydrogen-bond donors (Lipinski definition) is 1. The lowest BCUT2D eigenvalue weighted by atomic mass is 10.2. The Morgan fingerprint density at radius 1 is 1.06 bits per heavy atom. The number of thioether (sulfide) groups is 1. The number of ether oxygens (including phenoxy) is 1. The minimum Gasteiger partial charge on any atom is -0.486 e. The molecule has 33 heavy (non-hydrogen) atoms. The van der Waals surface area contributed by atoms with E-state index >= 15 is 0 Å². The van der Waals surface area contributed by atoms with Gasteiger partial charge in [0.2, 0.25) is 5.91 Å². The van der Waals surface area contributed by atoms with Crippen molar-refractivity contribution in [1.82, 2.24) is 14.8 Å². The van der Waals surface area contributed by atoms with Gasteiger partial charge in [-0.2, -0.15) is 0 Å². The van der Waals surface area contributed by atoms with E-state index in [0.717, 1.165) is 21.5 Å². The van der Waals surface area contributed by atoms with E-state index < -0.39 is 0 Å². The highest BCUT2D eigenvalue weighted by Gasteiger charge is 2.18. The number of aryl methyl sites for hydroxylation is 1. The smallest absolute Gasteiger partial charge is 0.234 e. The molecule has 3 aromatic carbocycles. The van der Waals surface area contributed by atoms with Crippen molar-refractivity contribution in [2.75, 3.05) is 11.1 Å². The number of carbonyl (C=O) groups is 1. The number of para-hydroxylation sites is 1. The van der Waals surface area contributed by atoms with Gasteiger partial charge in [-0.05, 0) is 71.4 Å². The van der Waals surface area contributed by atoms with Gasteiger partial charge in [0.25, 0.3) is 0 Å². The van der Waals surface area contributed by atoms with Crippen LogP contribution in [0.15, 0.2) is 82.4 Å². The Kier molecular flexibility index (Phi) is 7.41. The molecule has 9 heteroatoms. The summed E-state index contributed by atoms with van der Waals surface area (Å²) >= 11 is 4.84. The summed E-state index contributed by atoms with van der Waals surface area (Å²) in [5, 5.41) is 11.9. The molecule has 1 N–H and O–H groups in total. The van der Waals surface area contributed by atoms with Crippen LogP contribution in [0.25, 0.3) is 5.69 Å². The van der Waals surface area contributed by atoms with Gasteiger partial charge in [-0.25, -0.2) is 4.39 Å². The summed E-state index contributed by atoms with van der Waals surface area (Å²) in [6.45, 7) is 2.22. The summed E-state index contributed by atoms with van der Waals surface area (Å²) < 4.78 is 21.7. The minimum absolute atomic E-state index is 0.110. The van der Waals surface area contributed by atoms with Crippen molar-refractivity contribution in [1.29, 1.82) is 0 Å². The fourth-order valence-electron chi connectivity index (χ4n) is 3.01. The van der Waals surface area contributed by atoms with E-state index in [0.29, 0.717) is 16.7 Å². The normalized spacial score (nSPS) is 10.8. The molecular formula is C24H20BrFN4O2S. The zero-order valence-corrected chi connectivity index (χ0v) is 20.1. The molecule has 1 amide bonds. The third-order valence-corrected chi connectivity index (χ3v) is 6.24. The highest BCUT2D eigenvalue weighted by molar-refractivity contribution is 9.10. The number of halogens is 2. The SMILES string of the molecule is Cc1ccc(OCc2nnc(SCC(=O)Nc3ccc(F)cc3)n2-c2ccccc2Br)cc1. The van der Waals surface area contributed by atoms with Gasteiger partial charge in [-0.15, -0.1) is 10.2 Å². The molecule has 6 nitrogen and oxygen atoms in total. The molecule has 1 heterocycles. The van der Waals surface area contributed by atoms with Crippen molar-refractivity contribution in [2.24, 2.45) is 0 Å². The minimum atomic E-state index is -0.357. The van der Waals surface area contributed by atoms with Crippen LogP contribution < -0.4 is 10.1 Å². The number of carbonyl (C=O) groups excluding carboxylic acids is 1. The molecule has 0 aliphatic heterocycles. The fourth-order valence-corrected chi connectivity index (χ4v) is 4.23. The van der Waals surface area contributed by atoms with Crippen molar-refractivity contribution in [3.05, 3.63) is 94.5 Å². The van der Waals surface area contributed by atoms with Gasteiger partial charge in [0.15, 0.2) is 11.0 Å². The van der Waals surface area contributed by atoms with Gasteiger partial charge in [-0.3, -0.25) is 9.36 Å². The molecule has 0 aliphatic rings. The molecule has 0 atom stereocenters. The third kappa shape index (κ3) is 6.00. The summed E-state index contributed by atoms with van der Waals surface area (Å²) in [6.07, 6.45) is 0. The third-order valence-electron chi connectivity index (χ3n) is 4.64. The maximum atomic E-state index is 13.1. The van der Waals surface area contributed by atoms with Crippen molar-refractivity contribution in [3.63, 3.8) is 0 Å². The van der Waals surface area contributed by atoms with Crippen molar-refractivity contribution < 1.29 is 13.9 Å². The monoisotopic (exact) mass is 526 g/mol. The number of anilines is 1. The lowest BCUT2D eigenvalue weighted by Gasteiger charge is -2.13. The Hall–Kier alpha value is -3.17. The first-order valence-electron chi connectivity index (χ1n) is 10.1. The summed E-state index contributed by atoms with van der Waals surface area (Å²) in [4.78, 5) is 12.4. The lowest BCUT2D eigenvalue weighted by Crippen LogP contribution is -2.15. The van der Waals surface area contributed by atoms with E-state index in [9.17, 15) is 9.18 Å². The summed E-state index contributed by atoms with van der Waals surface area (Å²) in [7, 11) is 0. The zero-order chi connectivity index (χ0) is 23.2. The van der Waals surface area contributed by atoms with Crippen LogP contribution in [-0.4, -0.2) is 26.4 Å². The molecule has 0 fully saturated rings. The predicted molar refractivity (Wildman–Crippen MR) is 130 cm³/mol. The molecule has 0 aliphatic carbocycles. The maximum absolute atomic E-state index is 13.1. The molecule has 0 spiro atoms. The van der Waals surface area contributed by atoms with Crippen LogP contribution in [0.1, 0.15) is 11.4 Å². The van der Waals surface area contributed by atoms with E-state index in [2.05, 4.69) is 31.4 Å². The number of benzene rings is 3. The number of nitrogens with zero attached hydrogens (tertiary/aromatic N) is 3. The second kappa shape index (κ2) is 10.6. The van der Waals surface area contributed by atoms with Crippen molar-refractivity contribution in [3.8, 4) is 11.4 Å². The first-order valence-corrected chi connectivity index (χ1v) is 11.8. The van der Waals surface area contributed by atoms with E-state index in [1.807, 2.05) is 60.0 Å². The van der Waals surface area contributed by atoms with Crippen LogP contribution in [0, 0.1) is 12.7 Å². The topological polar surface area (TPSA) is 69.0 Å². The summed E-state index contributed by atoms with van der Waals surface area (Å²) in [5.41, 5.74) is 2.52. The van der Waals surface area contributed by atoms with Crippen LogP contribution >= 0.6 is 27.7 Å². The first-order chi connectivity index (χ1) is 16.0. The van der Waals surface area contributed by atoms with Gasteiger partial charge in [0.05, 0.1) is 11.4 Å². The fraction of sp³-hybridized carbons (Fsp3) is 0.125. The molecule has 168 valence electrons. The molecule has 4 aromatic rings. The largest absolute Gasteiger partial charge is 0.486 e. The zero-order valence-electron chi connectivity index (χ0n) is 17.7. The number of amides is 1. The predicted octanol–water partition coefficient (Wildman–Crippen LogP) is 5.79. The number of hydrogen-bond acceptors (Lipinski definition) is 5. The number of rotatable bonds is 8. The maximum Gasteiger partial charge on any atom is 0.234 e. The van der Waals surface area contributed by atoms with Crippen LogP contribution in [0.2, 0.25) is 0 Å². The highest BCUT2D eigenvalue weighted by Crippen LogP contribution is 2.28. The van der Waals surface area contributed by atoms with Gasteiger partial charge in [0, 0.05) is 10.2 Å². The van der Waals surface area contributed by atoms with Crippen LogP contribution in [0.4, 0.5) is 10.1 Å². The Bertz CT molecular complexity index is 1250. The van der Waals surface area contributed by atoms with Gasteiger partial charge < -0.3 is 10.1 Å². The Balaban J connectivity index is 1.51. The Labute approximate surface area is 203 Å². The van der Waals surface area contributed by atoms with Crippen LogP contribution in [0.5, 0.6) is 5.75 Å². The molecule has 0 saturated carbocycles. The molecule has 0 radical (unpaired) electrons. The summed E-state index contributed by atoms with van der Waals surface area (Å²) in [5.74, 6) is 0.854. The highest BCUT2D eigenvalue weighted by atomic mass is 79.9. The standard InChI is InChI=1S/C24H20BrFN4O2S/c1-16-6-12-19(13-7-16)32-14-22-28-29-24(30(22)21-5-3-2-4-20(21)25)33-15-23(31)27-18-10-8-17(26)9-11-18/h2-13H,14-15H2,1H3,(H,27,31). The quantitative estimate of drug-likeness (QED) is 0.294. The van der Waals surface area contributed by atoms with E-state index in [-0.39, 0.29) is 24.1 Å². The van der Waals surface area contributed by atoms with Crippen LogP contribution in [0.3, 0.4) is 0 Å². The second-order valence-corrected chi connectivity index (χ2v) is 8.93. The first kappa shape index (κ1) is 23.0. The van der Waals surface area contributed by atoms with Gasteiger partial charge >= 0.3 is 0 Å². The molecule has 0 saturated heterocycles.